The number of nitrogens with one attached hydrogen (secondary N) is 1. The molecule has 0 saturated carbocycles. The minimum atomic E-state index is -3.74. The van der Waals surface area contributed by atoms with Crippen molar-refractivity contribution >= 4 is 47.6 Å². The first kappa shape index (κ1) is 16.3. The summed E-state index contributed by atoms with van der Waals surface area (Å²) in [6.45, 7) is 1.80. The van der Waals surface area contributed by atoms with Gasteiger partial charge in [-0.15, -0.1) is 0 Å². The van der Waals surface area contributed by atoms with Gasteiger partial charge in [-0.3, -0.25) is 9.71 Å². The van der Waals surface area contributed by atoms with Gasteiger partial charge in [0.05, 0.1) is 12.8 Å². The normalized spacial score (nSPS) is 11.2. The molecule has 112 valence electrons. The number of methoxy groups -OCH3 is 1. The van der Waals surface area contributed by atoms with Crippen LogP contribution in [0.15, 0.2) is 44.4 Å². The van der Waals surface area contributed by atoms with Gasteiger partial charge in [0.25, 0.3) is 10.0 Å². The van der Waals surface area contributed by atoms with Crippen molar-refractivity contribution in [3.8, 4) is 5.75 Å². The zero-order chi connectivity index (χ0) is 15.6. The average Bonchev–Trinajstić information content (AvgIpc) is 2.41. The SMILES string of the molecule is COc1cc(Br)cc(C)c1NS(=O)(=O)c1cncc(Br)c1. The first-order chi connectivity index (χ1) is 9.83. The summed E-state index contributed by atoms with van der Waals surface area (Å²) in [5.41, 5.74) is 1.15. The maximum Gasteiger partial charge on any atom is 0.263 e. The van der Waals surface area contributed by atoms with E-state index in [2.05, 4.69) is 41.6 Å². The van der Waals surface area contributed by atoms with Gasteiger partial charge >= 0.3 is 0 Å². The van der Waals surface area contributed by atoms with Gasteiger partial charge in [0, 0.05) is 21.3 Å². The molecule has 8 heteroatoms. The Bertz CT molecular complexity index is 779. The number of hydrogen-bond donors (Lipinski definition) is 1. The number of hydrogen-bond acceptors (Lipinski definition) is 4. The van der Waals surface area contributed by atoms with Crippen LogP contribution in [-0.2, 0) is 10.0 Å². The van der Waals surface area contributed by atoms with E-state index in [9.17, 15) is 8.42 Å². The monoisotopic (exact) mass is 434 g/mol. The molecule has 5 nitrogen and oxygen atoms in total. The Kier molecular flexibility index (Phi) is 4.90. The number of aryl methyl sites for hydroxylation is 1. The molecule has 2 aromatic rings. The van der Waals surface area contributed by atoms with Crippen molar-refractivity contribution in [3.05, 3.63) is 45.1 Å². The largest absolute Gasteiger partial charge is 0.495 e. The Morgan fingerprint density at radius 2 is 1.86 bits per heavy atom. The summed E-state index contributed by atoms with van der Waals surface area (Å²) in [6.07, 6.45) is 2.80. The summed E-state index contributed by atoms with van der Waals surface area (Å²) in [4.78, 5) is 3.94. The van der Waals surface area contributed by atoms with Crippen LogP contribution >= 0.6 is 31.9 Å². The maximum absolute atomic E-state index is 12.4. The van der Waals surface area contributed by atoms with Crippen molar-refractivity contribution in [2.75, 3.05) is 11.8 Å². The van der Waals surface area contributed by atoms with Crippen LogP contribution in [-0.4, -0.2) is 20.5 Å². The quantitative estimate of drug-likeness (QED) is 0.794. The molecule has 0 aliphatic heterocycles. The van der Waals surface area contributed by atoms with Crippen LogP contribution in [0.2, 0.25) is 0 Å². The fourth-order valence-corrected chi connectivity index (χ4v) is 3.93. The van der Waals surface area contributed by atoms with Gasteiger partial charge in [0.1, 0.15) is 10.6 Å². The van der Waals surface area contributed by atoms with Crippen LogP contribution < -0.4 is 9.46 Å². The van der Waals surface area contributed by atoms with Crippen molar-refractivity contribution in [3.63, 3.8) is 0 Å². The molecule has 0 radical (unpaired) electrons. The molecule has 1 heterocycles. The van der Waals surface area contributed by atoms with Crippen molar-refractivity contribution in [2.45, 2.75) is 11.8 Å². The zero-order valence-corrected chi connectivity index (χ0v) is 15.2. The van der Waals surface area contributed by atoms with Gasteiger partial charge in [-0.05, 0) is 46.6 Å². The molecule has 0 saturated heterocycles. The molecule has 0 aliphatic carbocycles. The molecule has 0 fully saturated rings. The number of rotatable bonds is 4. The lowest BCUT2D eigenvalue weighted by Crippen LogP contribution is -2.15. The molecular formula is C13H12Br2N2O3S. The summed E-state index contributed by atoms with van der Waals surface area (Å²) in [6, 6.07) is 4.99. The standard InChI is InChI=1S/C13H12Br2N2O3S/c1-8-3-9(14)5-12(20-2)13(8)17-21(18,19)11-4-10(15)6-16-7-11/h3-7,17H,1-2H3. The molecule has 0 spiro atoms. The Balaban J connectivity index is 2.46. The molecule has 1 aromatic carbocycles. The summed E-state index contributed by atoms with van der Waals surface area (Å²) in [5.74, 6) is 0.438. The zero-order valence-electron chi connectivity index (χ0n) is 11.2. The Hall–Kier alpha value is -1.12. The van der Waals surface area contributed by atoms with E-state index >= 15 is 0 Å². The second-order valence-electron chi connectivity index (χ2n) is 4.24. The van der Waals surface area contributed by atoms with Crippen LogP contribution in [0.5, 0.6) is 5.75 Å². The smallest absolute Gasteiger partial charge is 0.263 e. The third-order valence-corrected chi connectivity index (χ3v) is 4.92. The molecule has 1 aromatic heterocycles. The number of sulfonamides is 1. The summed E-state index contributed by atoms with van der Waals surface area (Å²) in [7, 11) is -2.26. The van der Waals surface area contributed by atoms with Crippen molar-refractivity contribution in [1.82, 2.24) is 4.98 Å². The average molecular weight is 436 g/mol. The van der Waals surface area contributed by atoms with E-state index in [1.807, 2.05) is 0 Å². The number of nitrogens with zero attached hydrogens (tertiary/aromatic N) is 1. The van der Waals surface area contributed by atoms with Crippen LogP contribution in [0, 0.1) is 6.92 Å². The molecule has 1 N–H and O–H groups in total. The third-order valence-electron chi connectivity index (χ3n) is 2.71. The van der Waals surface area contributed by atoms with Gasteiger partial charge < -0.3 is 4.74 Å². The number of aromatic nitrogens is 1. The first-order valence-corrected chi connectivity index (χ1v) is 8.88. The first-order valence-electron chi connectivity index (χ1n) is 5.81. The van der Waals surface area contributed by atoms with E-state index in [0.717, 1.165) is 10.0 Å². The number of pyridine rings is 1. The van der Waals surface area contributed by atoms with E-state index in [4.69, 9.17) is 4.74 Å². The summed E-state index contributed by atoms with van der Waals surface area (Å²) < 4.78 is 34.0. The van der Waals surface area contributed by atoms with Gasteiger partial charge in [-0.25, -0.2) is 8.42 Å². The molecule has 2 rings (SSSR count). The van der Waals surface area contributed by atoms with Gasteiger partial charge in [-0.2, -0.15) is 0 Å². The van der Waals surface area contributed by atoms with E-state index in [1.165, 1.54) is 25.6 Å². The van der Waals surface area contributed by atoms with Crippen LogP contribution in [0.4, 0.5) is 5.69 Å². The second kappa shape index (κ2) is 6.33. The van der Waals surface area contributed by atoms with E-state index in [1.54, 1.807) is 19.1 Å². The van der Waals surface area contributed by atoms with Gasteiger partial charge in [0.2, 0.25) is 0 Å². The van der Waals surface area contributed by atoms with E-state index in [0.29, 0.717) is 15.9 Å². The number of ether oxygens (including phenoxy) is 1. The highest BCUT2D eigenvalue weighted by atomic mass is 79.9. The van der Waals surface area contributed by atoms with Crippen molar-refractivity contribution < 1.29 is 13.2 Å². The predicted molar refractivity (Wildman–Crippen MR) is 88.2 cm³/mol. The topological polar surface area (TPSA) is 68.3 Å². The minimum absolute atomic E-state index is 0.0706. The third kappa shape index (κ3) is 3.75. The molecule has 0 amide bonds. The maximum atomic E-state index is 12.4. The lowest BCUT2D eigenvalue weighted by molar-refractivity contribution is 0.416. The van der Waals surface area contributed by atoms with Crippen LogP contribution in [0.25, 0.3) is 0 Å². The number of halogens is 2. The number of benzene rings is 1. The fraction of sp³-hybridized carbons (Fsp3) is 0.154. The molecule has 21 heavy (non-hydrogen) atoms. The van der Waals surface area contributed by atoms with Crippen molar-refractivity contribution in [2.24, 2.45) is 0 Å². The van der Waals surface area contributed by atoms with E-state index < -0.39 is 10.0 Å². The van der Waals surface area contributed by atoms with Gasteiger partial charge in [-0.1, -0.05) is 15.9 Å². The molecular weight excluding hydrogens is 424 g/mol. The second-order valence-corrected chi connectivity index (χ2v) is 7.76. The predicted octanol–water partition coefficient (Wildman–Crippen LogP) is 3.72. The highest BCUT2D eigenvalue weighted by Crippen LogP contribution is 2.33. The molecule has 0 bridgehead atoms. The highest BCUT2D eigenvalue weighted by Gasteiger charge is 2.19. The fourth-order valence-electron chi connectivity index (χ4n) is 1.74. The molecule has 0 atom stereocenters. The van der Waals surface area contributed by atoms with Crippen molar-refractivity contribution in [1.29, 1.82) is 0 Å². The minimum Gasteiger partial charge on any atom is -0.495 e. The molecule has 0 aliphatic rings. The summed E-state index contributed by atoms with van der Waals surface area (Å²) >= 11 is 6.56. The van der Waals surface area contributed by atoms with Crippen LogP contribution in [0.3, 0.4) is 0 Å². The van der Waals surface area contributed by atoms with E-state index in [-0.39, 0.29) is 4.90 Å². The summed E-state index contributed by atoms with van der Waals surface area (Å²) in [5, 5.41) is 0. The lowest BCUT2D eigenvalue weighted by Gasteiger charge is -2.15. The van der Waals surface area contributed by atoms with Crippen LogP contribution in [0.1, 0.15) is 5.56 Å². The Morgan fingerprint density at radius 1 is 1.14 bits per heavy atom. The lowest BCUT2D eigenvalue weighted by atomic mass is 10.2. The van der Waals surface area contributed by atoms with Gasteiger partial charge in [0.15, 0.2) is 0 Å². The molecule has 0 unspecified atom stereocenters. The highest BCUT2D eigenvalue weighted by molar-refractivity contribution is 9.10. The Labute approximate surface area is 140 Å². The Morgan fingerprint density at radius 3 is 2.48 bits per heavy atom. The number of anilines is 1.